The number of fused-ring (bicyclic) bond motifs is 3. The van der Waals surface area contributed by atoms with E-state index in [1.807, 2.05) is 49.5 Å². The van der Waals surface area contributed by atoms with Crippen LogP contribution >= 0.6 is 0 Å². The van der Waals surface area contributed by atoms with Gasteiger partial charge in [0.1, 0.15) is 23.9 Å². The molecule has 4 aromatic carbocycles. The molecule has 0 saturated carbocycles. The number of benzene rings is 4. The van der Waals surface area contributed by atoms with Crippen LogP contribution in [0.4, 0.5) is 4.79 Å². The number of para-hydroxylation sites is 2. The maximum absolute atomic E-state index is 13.4. The molecule has 6 aromatic rings. The Morgan fingerprint density at radius 2 is 1.62 bits per heavy atom. The fourth-order valence-corrected chi connectivity index (χ4v) is 7.69. The number of carbonyl (C=O) groups is 3. The summed E-state index contributed by atoms with van der Waals surface area (Å²) in [6.45, 7) is 6.82. The van der Waals surface area contributed by atoms with E-state index in [1.165, 1.54) is 6.92 Å². The summed E-state index contributed by atoms with van der Waals surface area (Å²) in [4.78, 5) is 46.8. The SMILES string of the molecule is CCCc1nc2c(C)cc(-c3nc4ccccc4n3C)cc2n1Cc1ccc(-c2ccccc2C(=O)OC(C)OC(=O)O[C@H]2CO[C@H]3[C@@H]2OC[C@H]3OC=O)cc1. The molecule has 0 radical (unpaired) electrons. The van der Waals surface area contributed by atoms with Gasteiger partial charge in [-0.3, -0.25) is 4.79 Å². The standard InChI is InChI=1S/C43H42N4O9/c1-5-10-37-45-38-25(2)19-29(41-44-32-13-8-9-14-33(32)46(41)4)20-34(38)47(37)21-27-15-17-28(18-16-27)30-11-6-7-12-31(30)42(49)54-26(3)55-43(50)56-36-23-52-39-35(53-24-48)22-51-40(36)39/h6-9,11-20,24,26,35-36,39-40H,5,10,21-23H2,1-4H3/t26?,35-,36+,39-,40-/m1/s1. The van der Waals surface area contributed by atoms with Crippen LogP contribution < -0.4 is 0 Å². The molecular weight excluding hydrogens is 716 g/mol. The second-order valence-corrected chi connectivity index (χ2v) is 14.1. The average molecular weight is 759 g/mol. The van der Waals surface area contributed by atoms with Crippen LogP contribution in [0, 0.1) is 6.92 Å². The van der Waals surface area contributed by atoms with Crippen molar-refractivity contribution < 1.29 is 42.8 Å². The maximum atomic E-state index is 13.4. The molecule has 2 fully saturated rings. The molecule has 288 valence electrons. The van der Waals surface area contributed by atoms with Crippen molar-refractivity contribution in [2.24, 2.45) is 7.05 Å². The third kappa shape index (κ3) is 7.11. The minimum Gasteiger partial charge on any atom is -0.459 e. The highest BCUT2D eigenvalue weighted by atomic mass is 16.8. The molecule has 0 N–H and O–H groups in total. The van der Waals surface area contributed by atoms with Gasteiger partial charge in [0, 0.05) is 32.5 Å². The lowest BCUT2D eigenvalue weighted by Gasteiger charge is -2.19. The van der Waals surface area contributed by atoms with E-state index >= 15 is 0 Å². The minimum atomic E-state index is -1.25. The quantitative estimate of drug-likeness (QED) is 0.0555. The lowest BCUT2D eigenvalue weighted by Crippen LogP contribution is -2.35. The topological polar surface area (TPSA) is 142 Å². The summed E-state index contributed by atoms with van der Waals surface area (Å²) in [5.41, 5.74) is 9.08. The van der Waals surface area contributed by atoms with Crippen LogP contribution in [-0.2, 0) is 53.2 Å². The Hall–Kier alpha value is -6.05. The Kier molecular flexibility index (Phi) is 10.3. The molecular formula is C43H42N4O9. The molecule has 13 heteroatoms. The van der Waals surface area contributed by atoms with Crippen LogP contribution in [0.3, 0.4) is 0 Å². The summed E-state index contributed by atoms with van der Waals surface area (Å²) in [6.07, 6.45) is -2.98. The smallest absolute Gasteiger partial charge is 0.459 e. The van der Waals surface area contributed by atoms with Crippen LogP contribution in [0.1, 0.15) is 47.6 Å². The van der Waals surface area contributed by atoms with Crippen molar-refractivity contribution in [3.05, 3.63) is 107 Å². The van der Waals surface area contributed by atoms with Gasteiger partial charge in [-0.1, -0.05) is 61.5 Å². The lowest BCUT2D eigenvalue weighted by molar-refractivity contribution is -0.138. The fourth-order valence-electron chi connectivity index (χ4n) is 7.69. The van der Waals surface area contributed by atoms with E-state index < -0.39 is 42.8 Å². The number of esters is 1. The largest absolute Gasteiger partial charge is 0.511 e. The van der Waals surface area contributed by atoms with E-state index in [0.717, 1.165) is 68.8 Å². The van der Waals surface area contributed by atoms with E-state index in [0.29, 0.717) is 24.1 Å². The van der Waals surface area contributed by atoms with Crippen molar-refractivity contribution in [2.45, 2.75) is 70.9 Å². The van der Waals surface area contributed by atoms with E-state index in [1.54, 1.807) is 12.1 Å². The molecule has 5 atom stereocenters. The van der Waals surface area contributed by atoms with Gasteiger partial charge < -0.3 is 37.6 Å². The van der Waals surface area contributed by atoms with Gasteiger partial charge >= 0.3 is 12.1 Å². The maximum Gasteiger partial charge on any atom is 0.511 e. The highest BCUT2D eigenvalue weighted by molar-refractivity contribution is 5.97. The zero-order chi connectivity index (χ0) is 38.9. The van der Waals surface area contributed by atoms with E-state index in [-0.39, 0.29) is 13.2 Å². The van der Waals surface area contributed by atoms with Gasteiger partial charge in [0.2, 0.25) is 6.29 Å². The molecule has 0 amide bonds. The Labute approximate surface area is 323 Å². The number of ether oxygens (including phenoxy) is 6. The average Bonchev–Trinajstić information content (AvgIpc) is 3.96. The first-order valence-corrected chi connectivity index (χ1v) is 18.7. The van der Waals surface area contributed by atoms with Crippen LogP contribution in [-0.4, -0.2) is 81.6 Å². The normalized spacial score (nSPS) is 19.5. The molecule has 2 saturated heterocycles. The van der Waals surface area contributed by atoms with Crippen molar-refractivity contribution >= 4 is 40.7 Å². The van der Waals surface area contributed by atoms with Gasteiger partial charge in [-0.05, 0) is 65.9 Å². The zero-order valence-electron chi connectivity index (χ0n) is 31.5. The second kappa shape index (κ2) is 15.6. The van der Waals surface area contributed by atoms with Crippen LogP contribution in [0.25, 0.3) is 44.6 Å². The first kappa shape index (κ1) is 36.9. The number of aromatic nitrogens is 4. The molecule has 2 aromatic heterocycles. The van der Waals surface area contributed by atoms with E-state index in [4.69, 9.17) is 38.4 Å². The molecule has 1 unspecified atom stereocenters. The fraction of sp³-hybridized carbons (Fsp3) is 0.326. The summed E-state index contributed by atoms with van der Waals surface area (Å²) < 4.78 is 36.8. The highest BCUT2D eigenvalue weighted by Crippen LogP contribution is 2.33. The number of nitrogens with zero attached hydrogens (tertiary/aromatic N) is 4. The molecule has 0 bridgehead atoms. The van der Waals surface area contributed by atoms with Crippen LogP contribution in [0.5, 0.6) is 0 Å². The minimum absolute atomic E-state index is 0.0481. The van der Waals surface area contributed by atoms with E-state index in [2.05, 4.69) is 53.3 Å². The summed E-state index contributed by atoms with van der Waals surface area (Å²) in [5.74, 6) is 1.26. The monoisotopic (exact) mass is 758 g/mol. The summed E-state index contributed by atoms with van der Waals surface area (Å²) in [7, 11) is 2.05. The van der Waals surface area contributed by atoms with Gasteiger partial charge in [0.25, 0.3) is 6.47 Å². The van der Waals surface area contributed by atoms with Gasteiger partial charge in [0.05, 0.1) is 40.8 Å². The van der Waals surface area contributed by atoms with Gasteiger partial charge in [0.15, 0.2) is 12.2 Å². The molecule has 13 nitrogen and oxygen atoms in total. The number of hydrogen-bond donors (Lipinski definition) is 0. The van der Waals surface area contributed by atoms with Crippen molar-refractivity contribution in [1.29, 1.82) is 0 Å². The number of carbonyl (C=O) groups excluding carboxylic acids is 3. The predicted molar refractivity (Wildman–Crippen MR) is 206 cm³/mol. The van der Waals surface area contributed by atoms with Crippen molar-refractivity contribution in [3.8, 4) is 22.5 Å². The van der Waals surface area contributed by atoms with Gasteiger partial charge in [-0.15, -0.1) is 0 Å². The summed E-state index contributed by atoms with van der Waals surface area (Å²) >= 11 is 0. The third-order valence-corrected chi connectivity index (χ3v) is 10.4. The van der Waals surface area contributed by atoms with Crippen LogP contribution in [0.2, 0.25) is 0 Å². The zero-order valence-corrected chi connectivity index (χ0v) is 31.5. The predicted octanol–water partition coefficient (Wildman–Crippen LogP) is 6.93. The molecule has 0 aliphatic carbocycles. The van der Waals surface area contributed by atoms with Crippen molar-refractivity contribution in [1.82, 2.24) is 19.1 Å². The van der Waals surface area contributed by atoms with Crippen molar-refractivity contribution in [3.63, 3.8) is 0 Å². The first-order valence-electron chi connectivity index (χ1n) is 18.7. The molecule has 4 heterocycles. The van der Waals surface area contributed by atoms with E-state index in [9.17, 15) is 14.4 Å². The summed E-state index contributed by atoms with van der Waals surface area (Å²) in [5, 5.41) is 0. The molecule has 0 spiro atoms. The molecule has 56 heavy (non-hydrogen) atoms. The van der Waals surface area contributed by atoms with Gasteiger partial charge in [-0.2, -0.15) is 0 Å². The highest BCUT2D eigenvalue weighted by Gasteiger charge is 2.51. The second-order valence-electron chi connectivity index (χ2n) is 14.1. The Balaban J connectivity index is 0.969. The molecule has 2 aliphatic rings. The van der Waals surface area contributed by atoms with Gasteiger partial charge in [-0.25, -0.2) is 19.6 Å². The molecule has 2 aliphatic heterocycles. The van der Waals surface area contributed by atoms with Crippen molar-refractivity contribution in [2.75, 3.05) is 13.2 Å². The third-order valence-electron chi connectivity index (χ3n) is 10.4. The first-order chi connectivity index (χ1) is 27.2. The molecule has 8 rings (SSSR count). The van der Waals surface area contributed by atoms with Crippen LogP contribution in [0.15, 0.2) is 84.9 Å². The Morgan fingerprint density at radius 1 is 0.893 bits per heavy atom. The Morgan fingerprint density at radius 3 is 2.39 bits per heavy atom. The Bertz CT molecular complexity index is 2420. The number of hydrogen-bond acceptors (Lipinski definition) is 11. The number of aryl methyl sites for hydroxylation is 3. The lowest BCUT2D eigenvalue weighted by atomic mass is 9.98. The summed E-state index contributed by atoms with van der Waals surface area (Å²) in [6, 6.07) is 27.7. The number of imidazole rings is 2. The number of rotatable bonds is 12.